The highest BCUT2D eigenvalue weighted by Gasteiger charge is 2.48. The smallest absolute Gasteiger partial charge is 0.300 e. The van der Waals surface area contributed by atoms with Crippen molar-refractivity contribution in [1.29, 1.82) is 0 Å². The summed E-state index contributed by atoms with van der Waals surface area (Å²) in [7, 11) is 0. The van der Waals surface area contributed by atoms with Crippen molar-refractivity contribution < 1.29 is 23.8 Å². The molecular weight excluding hydrogens is 478 g/mol. The first kappa shape index (κ1) is 23.5. The Morgan fingerprint density at radius 3 is 2.42 bits per heavy atom. The van der Waals surface area contributed by atoms with Crippen LogP contribution in [0.1, 0.15) is 28.5 Å². The first-order chi connectivity index (χ1) is 17.4. The van der Waals surface area contributed by atoms with Crippen LogP contribution in [-0.2, 0) is 16.2 Å². The van der Waals surface area contributed by atoms with E-state index in [1.165, 1.54) is 11.2 Å². The van der Waals surface area contributed by atoms with Crippen LogP contribution < -0.4 is 9.64 Å². The maximum atomic E-state index is 13.2. The van der Waals surface area contributed by atoms with Crippen LogP contribution in [0.5, 0.6) is 5.75 Å². The van der Waals surface area contributed by atoms with Gasteiger partial charge in [0.05, 0.1) is 11.8 Å². The zero-order valence-electron chi connectivity index (χ0n) is 19.4. The number of aliphatic hydroxyl groups excluding tert-OH is 1. The van der Waals surface area contributed by atoms with Gasteiger partial charge in [0.25, 0.3) is 11.7 Å². The van der Waals surface area contributed by atoms with Gasteiger partial charge in [0, 0.05) is 16.3 Å². The fraction of sp³-hybridized carbons (Fsp3) is 0.103. The van der Waals surface area contributed by atoms with Crippen LogP contribution in [0, 0.1) is 6.92 Å². The molecule has 1 N–H and O–H groups in total. The lowest BCUT2D eigenvalue weighted by molar-refractivity contribution is -0.132. The molecule has 0 bridgehead atoms. The van der Waals surface area contributed by atoms with Crippen molar-refractivity contribution in [3.05, 3.63) is 124 Å². The number of halogens is 1. The molecule has 36 heavy (non-hydrogen) atoms. The summed E-state index contributed by atoms with van der Waals surface area (Å²) in [6, 6.07) is 23.9. The molecule has 3 aromatic carbocycles. The number of ether oxygens (including phenoxy) is 1. The Hall–Kier alpha value is -4.29. The fourth-order valence-electron chi connectivity index (χ4n) is 4.27. The Balaban J connectivity index is 1.52. The summed E-state index contributed by atoms with van der Waals surface area (Å²) in [6.07, 6.45) is 1.46. The first-order valence-corrected chi connectivity index (χ1v) is 11.7. The van der Waals surface area contributed by atoms with E-state index < -0.39 is 17.7 Å². The van der Waals surface area contributed by atoms with Crippen LogP contribution in [0.4, 0.5) is 5.69 Å². The van der Waals surface area contributed by atoms with Crippen molar-refractivity contribution in [3.8, 4) is 5.75 Å². The van der Waals surface area contributed by atoms with Crippen LogP contribution in [0.15, 0.2) is 101 Å². The minimum Gasteiger partial charge on any atom is -0.507 e. The van der Waals surface area contributed by atoms with Gasteiger partial charge in [0.15, 0.2) is 0 Å². The number of ketones is 1. The standard InChI is InChI=1S/C29H22ClNO5/c1-18-16-20(9-14-23(18)36-17-19-6-3-2-4-7-19)27(32)25-26(24-8-5-15-35-24)31(29(34)28(25)33)22-12-10-21(30)11-13-22/h2-16,26,32H,17H2,1H3/b27-25-. The molecule has 0 saturated carbocycles. The number of nitrogens with zero attached hydrogens (tertiary/aromatic N) is 1. The number of aryl methyl sites for hydroxylation is 1. The van der Waals surface area contributed by atoms with E-state index in [0.717, 1.165) is 11.1 Å². The number of carbonyl (C=O) groups excluding carboxylic acids is 2. The Morgan fingerprint density at radius 2 is 1.75 bits per heavy atom. The number of amides is 1. The number of Topliss-reactive ketones (excluding diaryl/α,β-unsaturated/α-hetero) is 1. The Bertz CT molecular complexity index is 1440. The van der Waals surface area contributed by atoms with Crippen LogP contribution in [0.2, 0.25) is 5.02 Å². The maximum absolute atomic E-state index is 13.2. The van der Waals surface area contributed by atoms with Crippen molar-refractivity contribution in [1.82, 2.24) is 0 Å². The SMILES string of the molecule is Cc1cc(/C(O)=C2/C(=O)C(=O)N(c3ccc(Cl)cc3)C2c2ccco2)ccc1OCc1ccccc1. The predicted molar refractivity (Wildman–Crippen MR) is 137 cm³/mol. The normalized spacial score (nSPS) is 16.9. The number of furan rings is 1. The Morgan fingerprint density at radius 1 is 1.00 bits per heavy atom. The zero-order valence-corrected chi connectivity index (χ0v) is 20.1. The van der Waals surface area contributed by atoms with Crippen molar-refractivity contribution in [2.75, 3.05) is 4.90 Å². The third-order valence-corrected chi connectivity index (χ3v) is 6.30. The number of rotatable bonds is 6. The summed E-state index contributed by atoms with van der Waals surface area (Å²) in [5.74, 6) is -0.848. The van der Waals surface area contributed by atoms with Crippen LogP contribution in [0.25, 0.3) is 5.76 Å². The van der Waals surface area contributed by atoms with Crippen molar-refractivity contribution >= 4 is 34.7 Å². The molecule has 1 fully saturated rings. The van der Waals surface area contributed by atoms with E-state index in [-0.39, 0.29) is 11.3 Å². The topological polar surface area (TPSA) is 80.0 Å². The van der Waals surface area contributed by atoms with Gasteiger partial charge in [-0.1, -0.05) is 41.9 Å². The van der Waals surface area contributed by atoms with Crippen LogP contribution in [0.3, 0.4) is 0 Å². The third-order valence-electron chi connectivity index (χ3n) is 6.05. The molecule has 1 atom stereocenters. The summed E-state index contributed by atoms with van der Waals surface area (Å²) in [4.78, 5) is 27.6. The molecule has 1 aliphatic heterocycles. The second-order valence-electron chi connectivity index (χ2n) is 8.42. The van der Waals surface area contributed by atoms with Gasteiger partial charge in [-0.05, 0) is 72.6 Å². The van der Waals surface area contributed by atoms with E-state index in [9.17, 15) is 14.7 Å². The second kappa shape index (κ2) is 9.76. The molecular formula is C29H22ClNO5. The van der Waals surface area contributed by atoms with E-state index >= 15 is 0 Å². The molecule has 180 valence electrons. The maximum Gasteiger partial charge on any atom is 0.300 e. The average Bonchev–Trinajstić information content (AvgIpc) is 3.51. The van der Waals surface area contributed by atoms with Gasteiger partial charge in [0.2, 0.25) is 0 Å². The number of hydrogen-bond acceptors (Lipinski definition) is 5. The molecule has 0 radical (unpaired) electrons. The first-order valence-electron chi connectivity index (χ1n) is 11.3. The summed E-state index contributed by atoms with van der Waals surface area (Å²) in [5, 5.41) is 11.8. The van der Waals surface area contributed by atoms with Gasteiger partial charge in [-0.2, -0.15) is 0 Å². The van der Waals surface area contributed by atoms with Crippen LogP contribution in [-0.4, -0.2) is 16.8 Å². The van der Waals surface area contributed by atoms with E-state index in [1.54, 1.807) is 54.6 Å². The second-order valence-corrected chi connectivity index (χ2v) is 8.85. The summed E-state index contributed by atoms with van der Waals surface area (Å²) >= 11 is 6.01. The van der Waals surface area contributed by atoms with E-state index in [0.29, 0.717) is 34.4 Å². The summed E-state index contributed by atoms with van der Waals surface area (Å²) in [5.41, 5.74) is 2.61. The molecule has 5 rings (SSSR count). The molecule has 1 aromatic heterocycles. The quantitative estimate of drug-likeness (QED) is 0.187. The summed E-state index contributed by atoms with van der Waals surface area (Å²) in [6.45, 7) is 2.26. The predicted octanol–water partition coefficient (Wildman–Crippen LogP) is 6.45. The van der Waals surface area contributed by atoms with Gasteiger partial charge in [0.1, 0.15) is 29.9 Å². The molecule has 1 amide bonds. The lowest BCUT2D eigenvalue weighted by atomic mass is 9.98. The molecule has 4 aromatic rings. The molecule has 1 aliphatic rings. The lowest BCUT2D eigenvalue weighted by Crippen LogP contribution is -2.29. The molecule has 1 unspecified atom stereocenters. The van der Waals surface area contributed by atoms with Gasteiger partial charge >= 0.3 is 0 Å². The van der Waals surface area contributed by atoms with Crippen LogP contribution >= 0.6 is 11.6 Å². The zero-order chi connectivity index (χ0) is 25.2. The van der Waals surface area contributed by atoms with Crippen molar-refractivity contribution in [2.24, 2.45) is 0 Å². The van der Waals surface area contributed by atoms with Gasteiger partial charge in [-0.15, -0.1) is 0 Å². The lowest BCUT2D eigenvalue weighted by Gasteiger charge is -2.23. The molecule has 0 spiro atoms. The highest BCUT2D eigenvalue weighted by atomic mass is 35.5. The largest absolute Gasteiger partial charge is 0.507 e. The number of hydrogen-bond donors (Lipinski definition) is 1. The number of carbonyl (C=O) groups is 2. The van der Waals surface area contributed by atoms with Gasteiger partial charge in [-0.25, -0.2) is 0 Å². The number of benzene rings is 3. The average molecular weight is 500 g/mol. The molecule has 2 heterocycles. The minimum atomic E-state index is -0.935. The van der Waals surface area contributed by atoms with Gasteiger partial charge in [-0.3, -0.25) is 14.5 Å². The summed E-state index contributed by atoms with van der Waals surface area (Å²) < 4.78 is 11.5. The highest BCUT2D eigenvalue weighted by Crippen LogP contribution is 2.42. The highest BCUT2D eigenvalue weighted by molar-refractivity contribution is 6.51. The van der Waals surface area contributed by atoms with Crippen molar-refractivity contribution in [2.45, 2.75) is 19.6 Å². The minimum absolute atomic E-state index is 0.0535. The van der Waals surface area contributed by atoms with E-state index in [4.69, 9.17) is 20.8 Å². The third kappa shape index (κ3) is 4.39. The molecule has 6 nitrogen and oxygen atoms in total. The molecule has 7 heteroatoms. The molecule has 0 aliphatic carbocycles. The van der Waals surface area contributed by atoms with Gasteiger partial charge < -0.3 is 14.3 Å². The van der Waals surface area contributed by atoms with E-state index in [1.807, 2.05) is 37.3 Å². The van der Waals surface area contributed by atoms with E-state index in [2.05, 4.69) is 0 Å². The fourth-order valence-corrected chi connectivity index (χ4v) is 4.39. The molecule has 1 saturated heterocycles. The number of aliphatic hydroxyl groups is 1. The number of anilines is 1. The monoisotopic (exact) mass is 499 g/mol. The Labute approximate surface area is 213 Å². The Kier molecular flexibility index (Phi) is 6.36. The van der Waals surface area contributed by atoms with Crippen molar-refractivity contribution in [3.63, 3.8) is 0 Å².